The number of nitrogen functional groups attached to an aromatic ring is 1. The maximum atomic E-state index is 12.5. The molecule has 0 aliphatic carbocycles. The summed E-state index contributed by atoms with van der Waals surface area (Å²) >= 11 is -0.898. The van der Waals surface area contributed by atoms with E-state index in [1.54, 1.807) is 12.1 Å². The van der Waals surface area contributed by atoms with Gasteiger partial charge in [-0.3, -0.25) is 18.5 Å². The molecule has 1 aromatic heterocycles. The number of aromatic nitrogens is 3. The number of nitrogens with one attached hydrogen (secondary N) is 5. The SMILES string of the molecule is [C-]#[N+]CCNCCNc1nc(Nc2ccc(N=Nc3cc4cc(S(=O)(=O)O)cc(S(=O)(=O)O)c4cc3SOOO)c(NC(C)=O)c2)nc(Nc2cc(N)c(S(=O)(=O)O)cc2N=Nc2ccc(SOOCCS(=O)OOO)cc2)n1. The van der Waals surface area contributed by atoms with Crippen molar-refractivity contribution in [3.63, 3.8) is 0 Å². The summed E-state index contributed by atoms with van der Waals surface area (Å²) < 4.78 is 128. The third-order valence-corrected chi connectivity index (χ3v) is 14.1. The zero-order valence-corrected chi connectivity index (χ0v) is 44.7. The van der Waals surface area contributed by atoms with Gasteiger partial charge in [0.1, 0.15) is 26.9 Å². The molecule has 1 unspecified atom stereocenters. The Morgan fingerprint density at radius 1 is 0.734 bits per heavy atom. The van der Waals surface area contributed by atoms with E-state index < -0.39 is 67.7 Å². The van der Waals surface area contributed by atoms with Crippen LogP contribution in [-0.2, 0) is 74.2 Å². The maximum absolute atomic E-state index is 12.5. The van der Waals surface area contributed by atoms with Gasteiger partial charge in [-0.1, -0.05) is 10.1 Å². The van der Waals surface area contributed by atoms with Crippen molar-refractivity contribution in [2.75, 3.05) is 65.5 Å². The van der Waals surface area contributed by atoms with Crippen molar-refractivity contribution in [3.05, 3.63) is 90.3 Å². The molecule has 1 heterocycles. The van der Waals surface area contributed by atoms with Gasteiger partial charge in [0.2, 0.25) is 30.3 Å². The Labute approximate surface area is 457 Å². The molecule has 0 spiro atoms. The van der Waals surface area contributed by atoms with Crippen LogP contribution in [0.15, 0.2) is 124 Å². The monoisotopic (exact) mass is 1210 g/mol. The Bertz CT molecular complexity index is 3670. The van der Waals surface area contributed by atoms with Crippen LogP contribution >= 0.6 is 24.1 Å². The van der Waals surface area contributed by atoms with Gasteiger partial charge in [-0.25, -0.2) is 26.2 Å². The largest absolute Gasteiger partial charge is 0.398 e. The average molecular weight is 1210 g/mol. The van der Waals surface area contributed by atoms with Crippen LogP contribution in [0.5, 0.6) is 0 Å². The Kier molecular flexibility index (Phi) is 21.8. The van der Waals surface area contributed by atoms with Gasteiger partial charge in [-0.15, -0.1) is 24.0 Å². The number of carbonyl (C=O) groups is 1. The van der Waals surface area contributed by atoms with Gasteiger partial charge >= 0.3 is 0 Å². The summed E-state index contributed by atoms with van der Waals surface area (Å²) in [6, 6.07) is 16.1. The first-order valence-corrected chi connectivity index (χ1v) is 28.5. The molecular weight excluding hydrogens is 1170 g/mol. The average Bonchev–Trinajstić information content (AvgIpc) is 3.56. The molecule has 1 atom stereocenters. The van der Waals surface area contributed by atoms with Crippen LogP contribution in [0.2, 0.25) is 0 Å². The molecule has 33 nitrogen and oxygen atoms in total. The van der Waals surface area contributed by atoms with E-state index in [4.69, 9.17) is 32.0 Å². The summed E-state index contributed by atoms with van der Waals surface area (Å²) in [5, 5.41) is 55.0. The van der Waals surface area contributed by atoms with E-state index in [1.165, 1.54) is 37.3 Å². The standard InChI is InChI=1S/C40H40N14O19S6/c1-22(55)45-31-17-25(5-8-30(31)52-54-34-16-23-15-27(77(59,60)61)18-36(78(62,63)64)28(23)19-35(34)75-72-69-56)46-39-48-38(44-12-11-43-10-9-42-2)49-40(50-39)47-32-20-29(41)37(79(65,66)67)21-33(32)53-51-24-3-6-26(7-4-24)74-71-68-13-14-76(58)73-70-57/h3-8,15-21,43,56-57H,9-14,41H2,1H3,(H,45,55)(H,59,60,61)(H,62,63,64)(H,65,66,67)(H3,44,46,47,48,49,50). The second-order valence-corrected chi connectivity index (χ2v) is 21.9. The molecule has 0 radical (unpaired) electrons. The first-order chi connectivity index (χ1) is 37.5. The number of nitrogens with two attached hydrogens (primary N) is 1. The molecule has 6 rings (SSSR count). The fraction of sp³-hybridized carbons (Fsp3) is 0.175. The number of fused-ring (bicyclic) bond motifs is 1. The predicted octanol–water partition coefficient (Wildman–Crippen LogP) is 7.01. The van der Waals surface area contributed by atoms with Gasteiger partial charge in [0.25, 0.3) is 30.4 Å². The summed E-state index contributed by atoms with van der Waals surface area (Å²) in [6.45, 7) is 9.25. The highest BCUT2D eigenvalue weighted by atomic mass is 32.2. The smallest absolute Gasteiger partial charge is 0.296 e. The molecule has 0 saturated heterocycles. The number of rotatable bonds is 29. The van der Waals surface area contributed by atoms with Crippen molar-refractivity contribution in [3.8, 4) is 0 Å². The number of nitrogens with zero attached hydrogens (tertiary/aromatic N) is 8. The molecule has 0 fully saturated rings. The number of azo groups is 2. The van der Waals surface area contributed by atoms with Gasteiger partial charge in [0, 0.05) is 36.0 Å². The van der Waals surface area contributed by atoms with Crippen LogP contribution in [0.25, 0.3) is 15.6 Å². The summed E-state index contributed by atoms with van der Waals surface area (Å²) in [5.41, 5.74) is 5.78. The highest BCUT2D eigenvalue weighted by molar-refractivity contribution is 7.95. The second-order valence-electron chi connectivity index (χ2n) is 15.1. The first kappa shape index (κ1) is 61.2. The third kappa shape index (κ3) is 18.5. The molecule has 6 aromatic rings. The molecule has 5 aromatic carbocycles. The number of anilines is 7. The molecule has 1 amide bonds. The van der Waals surface area contributed by atoms with Crippen molar-refractivity contribution >= 4 is 146 Å². The highest BCUT2D eigenvalue weighted by Crippen LogP contribution is 2.41. The quantitative estimate of drug-likeness (QED) is 0.00328. The number of carbonyl (C=O) groups excluding carboxylic acids is 1. The molecule has 12 N–H and O–H groups in total. The van der Waals surface area contributed by atoms with Crippen molar-refractivity contribution < 1.29 is 86.4 Å². The molecular formula is C40H40N14O19S6. The Hall–Kier alpha value is -7.05. The van der Waals surface area contributed by atoms with E-state index in [0.717, 1.165) is 42.4 Å². The van der Waals surface area contributed by atoms with Crippen LogP contribution in [0.1, 0.15) is 6.92 Å². The number of benzene rings is 5. The van der Waals surface area contributed by atoms with E-state index in [1.807, 2.05) is 0 Å². The third-order valence-electron chi connectivity index (χ3n) is 9.53. The zero-order valence-electron chi connectivity index (χ0n) is 39.8. The van der Waals surface area contributed by atoms with Crippen molar-refractivity contribution in [1.29, 1.82) is 0 Å². The van der Waals surface area contributed by atoms with Crippen LogP contribution in [0, 0.1) is 6.57 Å². The summed E-state index contributed by atoms with van der Waals surface area (Å²) in [7, 11) is -15.0. The first-order valence-electron chi connectivity index (χ1n) is 21.4. The molecule has 0 aliphatic rings. The Morgan fingerprint density at radius 2 is 1.43 bits per heavy atom. The van der Waals surface area contributed by atoms with Gasteiger partial charge in [0.05, 0.1) is 75.5 Å². The Balaban J connectivity index is 1.32. The summed E-state index contributed by atoms with van der Waals surface area (Å²) in [6.07, 6.45) is 0. The minimum absolute atomic E-state index is 0.0101. The van der Waals surface area contributed by atoms with Crippen LogP contribution < -0.4 is 32.3 Å². The second kappa shape index (κ2) is 28.2. The molecule has 39 heteroatoms. The lowest BCUT2D eigenvalue weighted by molar-refractivity contribution is -0.435. The van der Waals surface area contributed by atoms with E-state index >= 15 is 0 Å². The minimum atomic E-state index is -5.11. The summed E-state index contributed by atoms with van der Waals surface area (Å²) in [4.78, 5) is 31.9. The molecule has 0 aliphatic heterocycles. The van der Waals surface area contributed by atoms with Crippen LogP contribution in [0.4, 0.5) is 63.3 Å². The summed E-state index contributed by atoms with van der Waals surface area (Å²) in [5.74, 6) is -1.11. The zero-order chi connectivity index (χ0) is 57.3. The predicted molar refractivity (Wildman–Crippen MR) is 280 cm³/mol. The lowest BCUT2D eigenvalue weighted by Crippen LogP contribution is -2.25. The lowest BCUT2D eigenvalue weighted by atomic mass is 10.1. The van der Waals surface area contributed by atoms with Crippen molar-refractivity contribution in [1.82, 2.24) is 20.3 Å². The maximum Gasteiger partial charge on any atom is 0.296 e. The fourth-order valence-electron chi connectivity index (χ4n) is 6.26. The fourth-order valence-corrected chi connectivity index (χ4v) is 9.46. The normalized spacial score (nSPS) is 12.5. The molecule has 0 bridgehead atoms. The highest BCUT2D eigenvalue weighted by Gasteiger charge is 2.24. The van der Waals surface area contributed by atoms with E-state index in [0.29, 0.717) is 36.1 Å². The molecule has 0 saturated carbocycles. The number of hydrogen-bond donors (Lipinski definition) is 11. The van der Waals surface area contributed by atoms with Gasteiger partial charge in [-0.05, 0) is 84.2 Å². The molecule has 79 heavy (non-hydrogen) atoms. The molecule has 420 valence electrons. The van der Waals surface area contributed by atoms with Crippen molar-refractivity contribution in [2.45, 2.75) is 31.4 Å². The van der Waals surface area contributed by atoms with Gasteiger partial charge < -0.3 is 37.2 Å². The number of amides is 1. The van der Waals surface area contributed by atoms with Gasteiger partial charge in [0.15, 0.2) is 11.1 Å². The Morgan fingerprint density at radius 3 is 2.10 bits per heavy atom. The number of hydrogen-bond acceptors (Lipinski definition) is 30. The van der Waals surface area contributed by atoms with Crippen LogP contribution in [-0.4, -0.2) is 113 Å². The van der Waals surface area contributed by atoms with Crippen molar-refractivity contribution in [2.24, 2.45) is 20.5 Å². The van der Waals surface area contributed by atoms with E-state index in [2.05, 4.69) is 85.6 Å². The lowest BCUT2D eigenvalue weighted by Gasteiger charge is -2.14. The minimum Gasteiger partial charge on any atom is -0.398 e. The van der Waals surface area contributed by atoms with E-state index in [-0.39, 0.29) is 98.8 Å². The van der Waals surface area contributed by atoms with Gasteiger partial charge in [-0.2, -0.15) is 49.7 Å². The topological polar surface area (TPSA) is 472 Å². The van der Waals surface area contributed by atoms with Crippen LogP contribution in [0.3, 0.4) is 0 Å². The van der Waals surface area contributed by atoms with E-state index in [9.17, 15) is 47.9 Å².